The quantitative estimate of drug-likeness (QED) is 0.507. The summed E-state index contributed by atoms with van der Waals surface area (Å²) < 4.78 is 40.8. The highest BCUT2D eigenvalue weighted by molar-refractivity contribution is 7.89. The summed E-state index contributed by atoms with van der Waals surface area (Å²) in [6.07, 6.45) is 7.23. The van der Waals surface area contributed by atoms with E-state index in [2.05, 4.69) is 15.4 Å². The topological polar surface area (TPSA) is 87.3 Å². The van der Waals surface area contributed by atoms with Crippen LogP contribution in [0.25, 0.3) is 0 Å². The number of halogens is 1. The van der Waals surface area contributed by atoms with E-state index in [1.54, 1.807) is 0 Å². The molecule has 140 valence electrons. The van der Waals surface area contributed by atoms with Crippen molar-refractivity contribution in [3.8, 4) is 0 Å². The second-order valence-electron chi connectivity index (χ2n) is 6.36. The maximum Gasteiger partial charge on any atom is 0.240 e. The van der Waals surface area contributed by atoms with E-state index in [0.29, 0.717) is 12.6 Å². The number of benzene rings is 1. The molecule has 3 N–H and O–H groups in total. The van der Waals surface area contributed by atoms with Gasteiger partial charge in [0.15, 0.2) is 0 Å². The Balaban J connectivity index is 1.89. The van der Waals surface area contributed by atoms with Crippen molar-refractivity contribution >= 4 is 21.6 Å². The molecular formula is C17H26FN3O3S. The number of sulfonamides is 1. The van der Waals surface area contributed by atoms with E-state index in [1.165, 1.54) is 38.7 Å². The van der Waals surface area contributed by atoms with E-state index in [4.69, 9.17) is 0 Å². The average molecular weight is 371 g/mol. The van der Waals surface area contributed by atoms with Crippen LogP contribution in [0.5, 0.6) is 0 Å². The van der Waals surface area contributed by atoms with Crippen LogP contribution < -0.4 is 15.4 Å². The van der Waals surface area contributed by atoms with Crippen LogP contribution in [-0.2, 0) is 14.8 Å². The summed E-state index contributed by atoms with van der Waals surface area (Å²) in [5.74, 6) is -1.14. The van der Waals surface area contributed by atoms with E-state index in [0.717, 1.165) is 25.0 Å². The molecule has 1 fully saturated rings. The molecule has 1 aromatic rings. The minimum atomic E-state index is -3.75. The molecule has 1 aliphatic carbocycles. The van der Waals surface area contributed by atoms with Gasteiger partial charge in [0.2, 0.25) is 15.9 Å². The Morgan fingerprint density at radius 1 is 1.16 bits per heavy atom. The lowest BCUT2D eigenvalue weighted by Gasteiger charge is -2.16. The third-order valence-electron chi connectivity index (χ3n) is 4.26. The first-order chi connectivity index (χ1) is 11.9. The molecule has 0 atom stereocenters. The van der Waals surface area contributed by atoms with Gasteiger partial charge >= 0.3 is 0 Å². The van der Waals surface area contributed by atoms with Gasteiger partial charge in [-0.05, 0) is 31.0 Å². The Morgan fingerprint density at radius 3 is 2.48 bits per heavy atom. The second kappa shape index (κ2) is 9.26. The number of hydrogen-bond donors (Lipinski definition) is 3. The molecule has 0 unspecified atom stereocenters. The Labute approximate surface area is 148 Å². The fourth-order valence-corrected chi connectivity index (χ4v) is 4.04. The smallest absolute Gasteiger partial charge is 0.240 e. The number of carbonyl (C=O) groups is 1. The van der Waals surface area contributed by atoms with Gasteiger partial charge < -0.3 is 10.6 Å². The van der Waals surface area contributed by atoms with Crippen LogP contribution in [-0.4, -0.2) is 33.5 Å². The Hall–Kier alpha value is -1.51. The van der Waals surface area contributed by atoms with Crippen molar-refractivity contribution < 1.29 is 17.6 Å². The van der Waals surface area contributed by atoms with Crippen molar-refractivity contribution in [2.45, 2.75) is 56.4 Å². The van der Waals surface area contributed by atoms with E-state index in [-0.39, 0.29) is 17.1 Å². The van der Waals surface area contributed by atoms with Gasteiger partial charge in [-0.2, -0.15) is 0 Å². The first-order valence-corrected chi connectivity index (χ1v) is 10.2. The molecule has 2 rings (SSSR count). The highest BCUT2D eigenvalue weighted by atomic mass is 32.2. The largest absolute Gasteiger partial charge is 0.324 e. The third-order valence-corrected chi connectivity index (χ3v) is 5.72. The number of nitrogens with one attached hydrogen (secondary N) is 3. The van der Waals surface area contributed by atoms with E-state index in [9.17, 15) is 17.6 Å². The monoisotopic (exact) mass is 371 g/mol. The van der Waals surface area contributed by atoms with E-state index >= 15 is 0 Å². The molecule has 0 radical (unpaired) electrons. The van der Waals surface area contributed by atoms with Gasteiger partial charge in [0.25, 0.3) is 0 Å². The fourth-order valence-electron chi connectivity index (χ4n) is 2.99. The van der Waals surface area contributed by atoms with Crippen LogP contribution in [0.2, 0.25) is 0 Å². The molecule has 1 saturated carbocycles. The van der Waals surface area contributed by atoms with Crippen LogP contribution in [0.3, 0.4) is 0 Å². The second-order valence-corrected chi connectivity index (χ2v) is 8.13. The number of carbonyl (C=O) groups excluding carboxylic acids is 1. The number of rotatable bonds is 7. The molecule has 1 aromatic carbocycles. The van der Waals surface area contributed by atoms with Crippen molar-refractivity contribution in [1.82, 2.24) is 10.0 Å². The van der Waals surface area contributed by atoms with Crippen LogP contribution >= 0.6 is 0 Å². The molecule has 6 nitrogen and oxygen atoms in total. The maximum atomic E-state index is 13.6. The molecule has 0 spiro atoms. The summed E-state index contributed by atoms with van der Waals surface area (Å²) in [4.78, 5) is 11.0. The highest BCUT2D eigenvalue weighted by Crippen LogP contribution is 2.19. The zero-order chi connectivity index (χ0) is 18.3. The summed E-state index contributed by atoms with van der Waals surface area (Å²) >= 11 is 0. The molecule has 25 heavy (non-hydrogen) atoms. The zero-order valence-corrected chi connectivity index (χ0v) is 15.3. The summed E-state index contributed by atoms with van der Waals surface area (Å²) in [5, 5.41) is 5.67. The number of hydrogen-bond acceptors (Lipinski definition) is 4. The van der Waals surface area contributed by atoms with Crippen LogP contribution in [0.4, 0.5) is 10.1 Å². The van der Waals surface area contributed by atoms with Crippen molar-refractivity contribution in [2.75, 3.05) is 18.4 Å². The Morgan fingerprint density at radius 2 is 1.84 bits per heavy atom. The molecule has 0 saturated heterocycles. The Kier molecular flexibility index (Phi) is 7.34. The zero-order valence-electron chi connectivity index (χ0n) is 14.5. The van der Waals surface area contributed by atoms with Crippen molar-refractivity contribution in [2.24, 2.45) is 0 Å². The number of amides is 1. The first-order valence-electron chi connectivity index (χ1n) is 8.69. The molecule has 0 aromatic heterocycles. The molecule has 8 heteroatoms. The molecule has 1 aliphatic rings. The molecule has 0 bridgehead atoms. The molecule has 0 aliphatic heterocycles. The minimum absolute atomic E-state index is 0.0767. The lowest BCUT2D eigenvalue weighted by molar-refractivity contribution is -0.114. The van der Waals surface area contributed by atoms with Gasteiger partial charge in [0, 0.05) is 26.1 Å². The first kappa shape index (κ1) is 19.8. The summed E-state index contributed by atoms with van der Waals surface area (Å²) in [6, 6.07) is 3.78. The van der Waals surface area contributed by atoms with Gasteiger partial charge in [0.05, 0.1) is 10.6 Å². The predicted molar refractivity (Wildman–Crippen MR) is 95.4 cm³/mol. The van der Waals surface area contributed by atoms with Gasteiger partial charge in [-0.25, -0.2) is 17.5 Å². The predicted octanol–water partition coefficient (Wildman–Crippen LogP) is 2.37. The molecular weight excluding hydrogens is 345 g/mol. The van der Waals surface area contributed by atoms with Gasteiger partial charge in [-0.1, -0.05) is 25.7 Å². The van der Waals surface area contributed by atoms with Gasteiger partial charge in [0.1, 0.15) is 5.82 Å². The van der Waals surface area contributed by atoms with Gasteiger partial charge in [-0.15, -0.1) is 0 Å². The van der Waals surface area contributed by atoms with E-state index < -0.39 is 21.7 Å². The third kappa shape index (κ3) is 6.37. The van der Waals surface area contributed by atoms with Crippen molar-refractivity contribution in [3.63, 3.8) is 0 Å². The van der Waals surface area contributed by atoms with E-state index in [1.807, 2.05) is 0 Å². The Bertz CT molecular complexity index is 686. The summed E-state index contributed by atoms with van der Waals surface area (Å²) in [7, 11) is -3.75. The minimum Gasteiger partial charge on any atom is -0.324 e. The maximum absolute atomic E-state index is 13.6. The highest BCUT2D eigenvalue weighted by Gasteiger charge is 2.17. The van der Waals surface area contributed by atoms with Gasteiger partial charge in [-0.3, -0.25) is 4.79 Å². The SMILES string of the molecule is CC(=O)Nc1cc(S(=O)(=O)NCCNC2CCCCCC2)ccc1F. The van der Waals surface area contributed by atoms with Crippen molar-refractivity contribution in [1.29, 1.82) is 0 Å². The lowest BCUT2D eigenvalue weighted by Crippen LogP contribution is -2.36. The lowest BCUT2D eigenvalue weighted by atomic mass is 10.1. The standard InChI is InChI=1S/C17H26FN3O3S/c1-13(22)21-17-12-15(8-9-16(17)18)25(23,24)20-11-10-19-14-6-4-2-3-5-7-14/h8-9,12,14,19-20H,2-7,10-11H2,1H3,(H,21,22). The summed E-state index contributed by atoms with van der Waals surface area (Å²) in [5.41, 5.74) is -0.146. The average Bonchev–Trinajstić information content (AvgIpc) is 2.82. The fraction of sp³-hybridized carbons (Fsp3) is 0.588. The van der Waals surface area contributed by atoms with Crippen LogP contribution in [0, 0.1) is 5.82 Å². The number of anilines is 1. The van der Waals surface area contributed by atoms with Crippen LogP contribution in [0.1, 0.15) is 45.4 Å². The normalized spacial score (nSPS) is 16.4. The van der Waals surface area contributed by atoms with Crippen LogP contribution in [0.15, 0.2) is 23.1 Å². The summed E-state index contributed by atoms with van der Waals surface area (Å²) in [6.45, 7) is 2.04. The molecule has 1 amide bonds. The van der Waals surface area contributed by atoms with Crippen molar-refractivity contribution in [3.05, 3.63) is 24.0 Å². The molecule has 0 heterocycles.